The van der Waals surface area contributed by atoms with Crippen molar-refractivity contribution in [3.8, 4) is 0 Å². The van der Waals surface area contributed by atoms with Crippen molar-refractivity contribution < 1.29 is 0 Å². The highest BCUT2D eigenvalue weighted by Gasteiger charge is 2.20. The van der Waals surface area contributed by atoms with E-state index in [2.05, 4.69) is 36.5 Å². The number of benzene rings is 1. The molecule has 0 unspecified atom stereocenters. The third-order valence-corrected chi connectivity index (χ3v) is 5.61. The summed E-state index contributed by atoms with van der Waals surface area (Å²) in [5.41, 5.74) is 2.22. The number of nitrogens with one attached hydrogen (secondary N) is 1. The maximum Gasteiger partial charge on any atom is 0.194 e. The molecule has 1 N–H and O–H groups in total. The van der Waals surface area contributed by atoms with E-state index in [0.29, 0.717) is 6.54 Å². The minimum atomic E-state index is 0. The van der Waals surface area contributed by atoms with E-state index in [-0.39, 0.29) is 24.0 Å². The zero-order valence-corrected chi connectivity index (χ0v) is 19.8. The summed E-state index contributed by atoms with van der Waals surface area (Å²) in [7, 11) is 5.85. The van der Waals surface area contributed by atoms with Crippen LogP contribution in [0.1, 0.15) is 5.69 Å². The van der Waals surface area contributed by atoms with Crippen LogP contribution in [-0.4, -0.2) is 63.2 Å². The van der Waals surface area contributed by atoms with Crippen molar-refractivity contribution in [3.63, 3.8) is 0 Å². The Morgan fingerprint density at radius 3 is 2.63 bits per heavy atom. The zero-order valence-electron chi connectivity index (χ0n) is 15.9. The largest absolute Gasteiger partial charge is 0.368 e. The molecule has 0 amide bonds. The second-order valence-corrected chi connectivity index (χ2v) is 7.64. The van der Waals surface area contributed by atoms with Gasteiger partial charge < -0.3 is 20.0 Å². The number of anilines is 2. The number of nitrogens with zero attached hydrogens (tertiary/aromatic N) is 5. The number of aliphatic imine (C=N–C) groups is 1. The summed E-state index contributed by atoms with van der Waals surface area (Å²) in [5, 5.41) is 7.32. The summed E-state index contributed by atoms with van der Waals surface area (Å²) in [5.74, 6) is 0.926. The van der Waals surface area contributed by atoms with Gasteiger partial charge in [-0.25, -0.2) is 4.98 Å². The highest BCUT2D eigenvalue weighted by Crippen LogP contribution is 2.21. The van der Waals surface area contributed by atoms with Crippen molar-refractivity contribution in [2.75, 3.05) is 57.1 Å². The van der Waals surface area contributed by atoms with E-state index in [1.807, 2.05) is 44.2 Å². The van der Waals surface area contributed by atoms with Gasteiger partial charge in [0.25, 0.3) is 0 Å². The quantitative estimate of drug-likeness (QED) is 0.381. The molecular formula is C18H26ClIN6S. The van der Waals surface area contributed by atoms with Gasteiger partial charge in [0.15, 0.2) is 11.1 Å². The normalized spacial score (nSPS) is 14.7. The molecule has 0 bridgehead atoms. The van der Waals surface area contributed by atoms with Crippen molar-refractivity contribution in [3.05, 3.63) is 40.4 Å². The van der Waals surface area contributed by atoms with Crippen molar-refractivity contribution in [2.45, 2.75) is 6.54 Å². The smallest absolute Gasteiger partial charge is 0.194 e. The van der Waals surface area contributed by atoms with Crippen molar-refractivity contribution in [1.29, 1.82) is 0 Å². The minimum Gasteiger partial charge on any atom is -0.368 e. The molecule has 1 fully saturated rings. The first kappa shape index (κ1) is 22.0. The third kappa shape index (κ3) is 5.86. The van der Waals surface area contributed by atoms with Crippen LogP contribution < -0.4 is 15.1 Å². The molecule has 27 heavy (non-hydrogen) atoms. The number of piperazine rings is 1. The van der Waals surface area contributed by atoms with Crippen LogP contribution >= 0.6 is 46.9 Å². The van der Waals surface area contributed by atoms with Gasteiger partial charge in [-0.2, -0.15) is 0 Å². The fourth-order valence-corrected chi connectivity index (χ4v) is 3.88. The Labute approximate surface area is 187 Å². The molecule has 1 aliphatic heterocycles. The lowest BCUT2D eigenvalue weighted by atomic mass is 10.2. The van der Waals surface area contributed by atoms with Gasteiger partial charge in [-0.3, -0.25) is 4.99 Å². The molecule has 2 aromatic rings. The number of hydrogen-bond acceptors (Lipinski definition) is 5. The lowest BCUT2D eigenvalue weighted by Crippen LogP contribution is -2.52. The van der Waals surface area contributed by atoms with E-state index in [9.17, 15) is 0 Å². The first-order valence-electron chi connectivity index (χ1n) is 8.64. The molecule has 2 heterocycles. The average Bonchev–Trinajstić information content (AvgIpc) is 3.12. The van der Waals surface area contributed by atoms with Crippen LogP contribution in [0.25, 0.3) is 0 Å². The number of aromatic nitrogens is 1. The van der Waals surface area contributed by atoms with Crippen molar-refractivity contribution in [1.82, 2.24) is 15.2 Å². The van der Waals surface area contributed by atoms with E-state index in [1.54, 1.807) is 11.3 Å². The summed E-state index contributed by atoms with van der Waals surface area (Å²) < 4.78 is 0. The Kier molecular flexibility index (Phi) is 8.43. The fourth-order valence-electron chi connectivity index (χ4n) is 2.93. The van der Waals surface area contributed by atoms with Gasteiger partial charge in [0.1, 0.15) is 0 Å². The predicted molar refractivity (Wildman–Crippen MR) is 127 cm³/mol. The Hall–Kier alpha value is -1.26. The van der Waals surface area contributed by atoms with Crippen LogP contribution in [-0.2, 0) is 6.54 Å². The van der Waals surface area contributed by atoms with Crippen LogP contribution in [0, 0.1) is 0 Å². The van der Waals surface area contributed by atoms with E-state index in [0.717, 1.165) is 48.0 Å². The van der Waals surface area contributed by atoms with Crippen LogP contribution in [0.3, 0.4) is 0 Å². The molecular weight excluding hydrogens is 495 g/mol. The molecule has 0 radical (unpaired) electrons. The molecule has 1 aromatic heterocycles. The van der Waals surface area contributed by atoms with Crippen LogP contribution in [0.5, 0.6) is 0 Å². The Morgan fingerprint density at radius 1 is 1.30 bits per heavy atom. The summed E-state index contributed by atoms with van der Waals surface area (Å²) in [4.78, 5) is 15.7. The topological polar surface area (TPSA) is 47.0 Å². The summed E-state index contributed by atoms with van der Waals surface area (Å²) in [6.07, 6.45) is 0. The molecule has 148 valence electrons. The van der Waals surface area contributed by atoms with Gasteiger partial charge in [-0.15, -0.1) is 35.3 Å². The molecule has 9 heteroatoms. The highest BCUT2D eigenvalue weighted by atomic mass is 127. The van der Waals surface area contributed by atoms with Crippen LogP contribution in [0.2, 0.25) is 5.02 Å². The van der Waals surface area contributed by atoms with Crippen molar-refractivity contribution >= 4 is 63.7 Å². The first-order chi connectivity index (χ1) is 12.6. The molecule has 1 saturated heterocycles. The number of guanidine groups is 1. The second-order valence-electron chi connectivity index (χ2n) is 6.37. The average molecular weight is 521 g/mol. The maximum absolute atomic E-state index is 6.11. The Balaban J connectivity index is 0.00000261. The summed E-state index contributed by atoms with van der Waals surface area (Å²) in [6.45, 7) is 4.43. The van der Waals surface area contributed by atoms with Crippen LogP contribution in [0.15, 0.2) is 34.6 Å². The lowest BCUT2D eigenvalue weighted by molar-refractivity contribution is 0.372. The molecule has 0 saturated carbocycles. The fraction of sp³-hybridized carbons (Fsp3) is 0.444. The molecule has 3 rings (SSSR count). The monoisotopic (exact) mass is 520 g/mol. The zero-order chi connectivity index (χ0) is 18.5. The Bertz CT molecular complexity index is 758. The standard InChI is InChI=1S/C18H25ClN6S.HI/c1-20-17(21-12-15-13-26-18(22-15)23(2)3)25-9-7-24(8-10-25)16-6-4-5-14(19)11-16;/h4-6,11,13H,7-10,12H2,1-3H3,(H,20,21);1H. The first-order valence-corrected chi connectivity index (χ1v) is 9.90. The van der Waals surface area contributed by atoms with Gasteiger partial charge in [0, 0.05) is 63.4 Å². The van der Waals surface area contributed by atoms with Gasteiger partial charge in [0.2, 0.25) is 0 Å². The van der Waals surface area contributed by atoms with Gasteiger partial charge in [-0.1, -0.05) is 17.7 Å². The van der Waals surface area contributed by atoms with Gasteiger partial charge in [0.05, 0.1) is 12.2 Å². The maximum atomic E-state index is 6.11. The van der Waals surface area contributed by atoms with E-state index in [1.165, 1.54) is 5.69 Å². The molecule has 1 aromatic carbocycles. The highest BCUT2D eigenvalue weighted by molar-refractivity contribution is 14.0. The van der Waals surface area contributed by atoms with E-state index >= 15 is 0 Å². The molecule has 0 aliphatic carbocycles. The second kappa shape index (κ2) is 10.3. The number of halogens is 2. The molecule has 0 atom stereocenters. The molecule has 1 aliphatic rings. The molecule has 0 spiro atoms. The summed E-state index contributed by atoms with van der Waals surface area (Å²) in [6, 6.07) is 8.04. The van der Waals surface area contributed by atoms with E-state index < -0.39 is 0 Å². The van der Waals surface area contributed by atoms with E-state index in [4.69, 9.17) is 11.6 Å². The number of rotatable bonds is 4. The number of thiazole rings is 1. The van der Waals surface area contributed by atoms with Gasteiger partial charge in [-0.05, 0) is 18.2 Å². The predicted octanol–water partition coefficient (Wildman–Crippen LogP) is 3.38. The third-order valence-electron chi connectivity index (χ3n) is 4.31. The number of hydrogen-bond donors (Lipinski definition) is 1. The summed E-state index contributed by atoms with van der Waals surface area (Å²) >= 11 is 7.77. The Morgan fingerprint density at radius 2 is 2.04 bits per heavy atom. The van der Waals surface area contributed by atoms with Gasteiger partial charge >= 0.3 is 0 Å². The van der Waals surface area contributed by atoms with Crippen molar-refractivity contribution in [2.24, 2.45) is 4.99 Å². The lowest BCUT2D eigenvalue weighted by Gasteiger charge is -2.37. The van der Waals surface area contributed by atoms with Crippen LogP contribution in [0.4, 0.5) is 10.8 Å². The SMILES string of the molecule is CN=C(NCc1csc(N(C)C)n1)N1CCN(c2cccc(Cl)c2)CC1.I. The molecule has 6 nitrogen and oxygen atoms in total. The minimum absolute atomic E-state index is 0.